The lowest BCUT2D eigenvalue weighted by Gasteiger charge is -2.24. The number of aliphatic carboxylic acids is 2. The summed E-state index contributed by atoms with van der Waals surface area (Å²) in [6.45, 7) is -0.299. The third-order valence-corrected chi connectivity index (χ3v) is 5.19. The standard InChI is InChI=1S/C21H28N4O9/c26-10-16(21(33)34)25-20(32)15(9-17(28)29)24-19(31)14(8-11-3-5-12(27)6-4-11)23-18(30)13-2-1-7-22-13/h3-6,13-16,22,26-27H,1-2,7-10H2,(H,23,30)(H,24,31)(H,25,32)(H,28,29)(H,33,34). The summed E-state index contributed by atoms with van der Waals surface area (Å²) in [5.41, 5.74) is 0.572. The lowest BCUT2D eigenvalue weighted by atomic mass is 10.0. The van der Waals surface area contributed by atoms with Crippen LogP contribution in [0.1, 0.15) is 24.8 Å². The van der Waals surface area contributed by atoms with Gasteiger partial charge in [0, 0.05) is 6.42 Å². The van der Waals surface area contributed by atoms with Gasteiger partial charge in [0.15, 0.2) is 0 Å². The maximum atomic E-state index is 13.0. The monoisotopic (exact) mass is 480 g/mol. The molecule has 4 unspecified atom stereocenters. The van der Waals surface area contributed by atoms with Crippen molar-refractivity contribution < 1.29 is 44.4 Å². The molecule has 34 heavy (non-hydrogen) atoms. The molecule has 8 N–H and O–H groups in total. The van der Waals surface area contributed by atoms with Gasteiger partial charge in [-0.1, -0.05) is 12.1 Å². The van der Waals surface area contributed by atoms with Crippen LogP contribution in [0, 0.1) is 0 Å². The van der Waals surface area contributed by atoms with Crippen LogP contribution in [0.4, 0.5) is 0 Å². The molecule has 1 saturated heterocycles. The third kappa shape index (κ3) is 8.01. The molecule has 13 nitrogen and oxygen atoms in total. The Labute approximate surface area is 194 Å². The number of aromatic hydroxyl groups is 1. The van der Waals surface area contributed by atoms with Gasteiger partial charge in [0.05, 0.1) is 19.1 Å². The Morgan fingerprint density at radius 1 is 0.941 bits per heavy atom. The Bertz CT molecular complexity index is 900. The van der Waals surface area contributed by atoms with E-state index in [0.717, 1.165) is 6.42 Å². The van der Waals surface area contributed by atoms with Crippen LogP contribution in [0.25, 0.3) is 0 Å². The molecule has 0 radical (unpaired) electrons. The highest BCUT2D eigenvalue weighted by Crippen LogP contribution is 2.13. The molecule has 1 aliphatic heterocycles. The molecule has 0 saturated carbocycles. The number of aliphatic hydroxyl groups is 1. The SMILES string of the molecule is O=C(O)CC(NC(=O)C(Cc1ccc(O)cc1)NC(=O)C1CCCN1)C(=O)NC(CO)C(=O)O. The molecule has 1 aromatic carbocycles. The number of carbonyl (C=O) groups is 5. The molecule has 186 valence electrons. The van der Waals surface area contributed by atoms with Crippen LogP contribution in [0.5, 0.6) is 5.75 Å². The molecule has 13 heteroatoms. The third-order valence-electron chi connectivity index (χ3n) is 5.19. The second kappa shape index (κ2) is 12.5. The number of carboxylic acids is 2. The Balaban J connectivity index is 2.19. The van der Waals surface area contributed by atoms with Gasteiger partial charge in [0.25, 0.3) is 0 Å². The summed E-state index contributed by atoms with van der Waals surface area (Å²) < 4.78 is 0. The number of amides is 3. The molecule has 3 amide bonds. The maximum Gasteiger partial charge on any atom is 0.328 e. The van der Waals surface area contributed by atoms with Gasteiger partial charge in [-0.15, -0.1) is 0 Å². The molecular formula is C21H28N4O9. The van der Waals surface area contributed by atoms with Crippen molar-refractivity contribution in [3.05, 3.63) is 29.8 Å². The number of aliphatic hydroxyl groups excluding tert-OH is 1. The molecule has 4 atom stereocenters. The molecular weight excluding hydrogens is 452 g/mol. The topological polar surface area (TPSA) is 214 Å². The zero-order valence-electron chi connectivity index (χ0n) is 18.2. The minimum atomic E-state index is -1.69. The second-order valence-electron chi connectivity index (χ2n) is 7.82. The predicted octanol–water partition coefficient (Wildman–Crippen LogP) is -2.31. The van der Waals surface area contributed by atoms with E-state index in [1.807, 2.05) is 5.32 Å². The zero-order valence-corrected chi connectivity index (χ0v) is 18.2. The summed E-state index contributed by atoms with van der Waals surface area (Å²) in [6, 6.07) is 0.805. The summed E-state index contributed by atoms with van der Waals surface area (Å²) in [7, 11) is 0. The molecule has 0 aromatic heterocycles. The molecule has 0 spiro atoms. The van der Waals surface area contributed by atoms with Crippen LogP contribution in [-0.2, 0) is 30.4 Å². The first-order valence-corrected chi connectivity index (χ1v) is 10.6. The Hall–Kier alpha value is -3.71. The van der Waals surface area contributed by atoms with Gasteiger partial charge in [-0.05, 0) is 37.1 Å². The van der Waals surface area contributed by atoms with Crippen molar-refractivity contribution >= 4 is 29.7 Å². The summed E-state index contributed by atoms with van der Waals surface area (Å²) in [5.74, 6) is -5.41. The number of benzene rings is 1. The van der Waals surface area contributed by atoms with Crippen molar-refractivity contribution in [2.75, 3.05) is 13.2 Å². The van der Waals surface area contributed by atoms with Gasteiger partial charge < -0.3 is 41.7 Å². The molecule has 1 aliphatic rings. The molecule has 1 aromatic rings. The Kier molecular flexibility index (Phi) is 9.76. The number of rotatable bonds is 12. The van der Waals surface area contributed by atoms with E-state index in [4.69, 9.17) is 15.3 Å². The quantitative estimate of drug-likeness (QED) is 0.160. The average molecular weight is 480 g/mol. The van der Waals surface area contributed by atoms with Crippen molar-refractivity contribution in [3.8, 4) is 5.75 Å². The first-order valence-electron chi connectivity index (χ1n) is 10.6. The van der Waals surface area contributed by atoms with E-state index in [1.165, 1.54) is 24.3 Å². The van der Waals surface area contributed by atoms with Crippen LogP contribution >= 0.6 is 0 Å². The van der Waals surface area contributed by atoms with E-state index < -0.39 is 66.9 Å². The number of hydrogen-bond acceptors (Lipinski definition) is 8. The largest absolute Gasteiger partial charge is 0.508 e. The maximum absolute atomic E-state index is 13.0. The number of hydrogen-bond donors (Lipinski definition) is 8. The highest BCUT2D eigenvalue weighted by molar-refractivity contribution is 5.95. The van der Waals surface area contributed by atoms with Crippen LogP contribution < -0.4 is 21.3 Å². The van der Waals surface area contributed by atoms with Crippen molar-refractivity contribution in [1.82, 2.24) is 21.3 Å². The fourth-order valence-corrected chi connectivity index (χ4v) is 3.37. The molecule has 0 bridgehead atoms. The van der Waals surface area contributed by atoms with Crippen LogP contribution in [0.2, 0.25) is 0 Å². The van der Waals surface area contributed by atoms with Gasteiger partial charge in [-0.25, -0.2) is 4.79 Å². The van der Waals surface area contributed by atoms with E-state index in [1.54, 1.807) is 0 Å². The lowest BCUT2D eigenvalue weighted by Crippen LogP contribution is -2.58. The van der Waals surface area contributed by atoms with Crippen LogP contribution in [0.15, 0.2) is 24.3 Å². The van der Waals surface area contributed by atoms with Crippen molar-refractivity contribution in [1.29, 1.82) is 0 Å². The van der Waals surface area contributed by atoms with Crippen molar-refractivity contribution in [3.63, 3.8) is 0 Å². The van der Waals surface area contributed by atoms with E-state index in [0.29, 0.717) is 18.5 Å². The number of nitrogens with one attached hydrogen (secondary N) is 4. The smallest absolute Gasteiger partial charge is 0.328 e. The Morgan fingerprint density at radius 3 is 2.09 bits per heavy atom. The second-order valence-corrected chi connectivity index (χ2v) is 7.82. The van der Waals surface area contributed by atoms with Crippen LogP contribution in [-0.4, -0.2) is 87.4 Å². The lowest BCUT2D eigenvalue weighted by molar-refractivity contribution is -0.144. The zero-order chi connectivity index (χ0) is 25.3. The number of carboxylic acid groups (broad SMARTS) is 2. The molecule has 1 heterocycles. The number of phenolic OH excluding ortho intramolecular Hbond substituents is 1. The first-order chi connectivity index (χ1) is 16.1. The van der Waals surface area contributed by atoms with Gasteiger partial charge in [-0.2, -0.15) is 0 Å². The minimum Gasteiger partial charge on any atom is -0.508 e. The summed E-state index contributed by atoms with van der Waals surface area (Å²) in [5, 5.41) is 46.5. The fraction of sp³-hybridized carbons (Fsp3) is 0.476. The normalized spacial score (nSPS) is 17.7. The molecule has 0 aliphatic carbocycles. The van der Waals surface area contributed by atoms with Crippen molar-refractivity contribution in [2.45, 2.75) is 49.9 Å². The summed E-state index contributed by atoms with van der Waals surface area (Å²) in [4.78, 5) is 60.4. The van der Waals surface area contributed by atoms with Crippen molar-refractivity contribution in [2.24, 2.45) is 0 Å². The summed E-state index contributed by atoms with van der Waals surface area (Å²) >= 11 is 0. The highest BCUT2D eigenvalue weighted by atomic mass is 16.4. The first kappa shape index (κ1) is 26.5. The number of phenols is 1. The van der Waals surface area contributed by atoms with Crippen LogP contribution in [0.3, 0.4) is 0 Å². The minimum absolute atomic E-state index is 0.000922. The molecule has 1 fully saturated rings. The van der Waals surface area contributed by atoms with Gasteiger partial charge in [0.1, 0.15) is 23.9 Å². The number of carbonyl (C=O) groups excluding carboxylic acids is 3. The predicted molar refractivity (Wildman–Crippen MR) is 116 cm³/mol. The van der Waals surface area contributed by atoms with E-state index in [-0.39, 0.29) is 12.2 Å². The summed E-state index contributed by atoms with van der Waals surface area (Å²) in [6.07, 6.45) is 0.463. The van der Waals surface area contributed by atoms with E-state index in [2.05, 4.69) is 16.0 Å². The van der Waals surface area contributed by atoms with E-state index >= 15 is 0 Å². The van der Waals surface area contributed by atoms with E-state index in [9.17, 15) is 29.1 Å². The highest BCUT2D eigenvalue weighted by Gasteiger charge is 2.32. The van der Waals surface area contributed by atoms with Gasteiger partial charge in [0.2, 0.25) is 17.7 Å². The van der Waals surface area contributed by atoms with Gasteiger partial charge >= 0.3 is 11.9 Å². The molecule has 2 rings (SSSR count). The fourth-order valence-electron chi connectivity index (χ4n) is 3.37. The van der Waals surface area contributed by atoms with Gasteiger partial charge in [-0.3, -0.25) is 19.2 Å². The Morgan fingerprint density at radius 2 is 1.56 bits per heavy atom. The average Bonchev–Trinajstić information content (AvgIpc) is 3.32.